The van der Waals surface area contributed by atoms with Crippen molar-refractivity contribution in [2.45, 2.75) is 130 Å². The van der Waals surface area contributed by atoms with Gasteiger partial charge in [0, 0.05) is 43.2 Å². The lowest BCUT2D eigenvalue weighted by Crippen LogP contribution is -2.60. The van der Waals surface area contributed by atoms with Crippen LogP contribution in [0.4, 0.5) is 34.1 Å². The van der Waals surface area contributed by atoms with Crippen LogP contribution in [0.15, 0.2) is 146 Å². The molecule has 8 aromatic rings. The quantitative estimate of drug-likeness (QED) is 0.153. The Labute approximate surface area is 411 Å². The molecule has 2 aliphatic heterocycles. The van der Waals surface area contributed by atoms with Gasteiger partial charge in [-0.3, -0.25) is 0 Å². The molecule has 3 heterocycles. The third kappa shape index (κ3) is 7.63. The second-order valence-corrected chi connectivity index (χ2v) is 24.6. The molecule has 0 N–H and O–H groups in total. The molecular weight excluding hydrogens is 840 g/mol. The van der Waals surface area contributed by atoms with Crippen molar-refractivity contribution >= 4 is 78.0 Å². The largest absolute Gasteiger partial charge is 0.311 e. The Bertz CT molecular complexity index is 3200. The lowest BCUT2D eigenvalue weighted by Gasteiger charge is -2.45. The second kappa shape index (κ2) is 16.4. The van der Waals surface area contributed by atoms with Crippen molar-refractivity contribution in [2.24, 2.45) is 0 Å². The standard InChI is InChI=1S/C64H67BN2S/c1-40(2)45-25-33-52-58(36-45)68-61-60(52)67(55-35-46(41-17-15-16-18-41)26-32-51(55)44-19-13-12-14-20-44)57-39-49(64(9,10)11)38-56-59(57)65(61)53-37-48(63(6,7)8)29-34-54(53)66(56)50-30-23-43(24-31-50)42-21-27-47(28-22-42)62(3,4)5/h12-14,19-41H,15-18H2,1-11H3. The summed E-state index contributed by atoms with van der Waals surface area (Å²) < 4.78 is 2.80. The highest BCUT2D eigenvalue weighted by molar-refractivity contribution is 7.33. The molecule has 0 unspecified atom stereocenters. The van der Waals surface area contributed by atoms with Gasteiger partial charge in [-0.2, -0.15) is 0 Å². The van der Waals surface area contributed by atoms with Gasteiger partial charge in [-0.15, -0.1) is 11.3 Å². The van der Waals surface area contributed by atoms with E-state index in [1.165, 1.54) is 136 Å². The minimum absolute atomic E-state index is 0.0234. The molecule has 342 valence electrons. The fourth-order valence-electron chi connectivity index (χ4n) is 11.4. The zero-order valence-electron chi connectivity index (χ0n) is 42.2. The summed E-state index contributed by atoms with van der Waals surface area (Å²) >= 11 is 2.03. The van der Waals surface area contributed by atoms with E-state index in [1.807, 2.05) is 11.3 Å². The van der Waals surface area contributed by atoms with E-state index >= 15 is 0 Å². The first-order chi connectivity index (χ1) is 32.4. The molecule has 7 aromatic carbocycles. The SMILES string of the molecule is CC(C)c1ccc2c3c(sc2c1)B1c2cc(C(C)(C)C)ccc2N(c2ccc(-c4ccc(C(C)(C)C)cc4)cc2)c2cc(C(C)(C)C)cc(c21)N3c1cc(C2CCCC2)ccc1-c1ccccc1. The van der Waals surface area contributed by atoms with Gasteiger partial charge < -0.3 is 9.80 Å². The number of thiophene rings is 1. The van der Waals surface area contributed by atoms with Gasteiger partial charge in [-0.05, 0) is 139 Å². The summed E-state index contributed by atoms with van der Waals surface area (Å²) in [6.45, 7) is 25.8. The molecule has 2 nitrogen and oxygen atoms in total. The Kier molecular flexibility index (Phi) is 10.8. The van der Waals surface area contributed by atoms with Crippen LogP contribution in [0, 0.1) is 0 Å². The van der Waals surface area contributed by atoms with Crippen LogP contribution in [0.2, 0.25) is 0 Å². The number of fused-ring (bicyclic) bond motifs is 6. The fraction of sp³-hybridized carbons (Fsp3) is 0.312. The first-order valence-electron chi connectivity index (χ1n) is 25.3. The average molecular weight is 907 g/mol. The first-order valence-corrected chi connectivity index (χ1v) is 26.2. The maximum Gasteiger partial charge on any atom is 0.264 e. The molecular formula is C64H67BN2S. The summed E-state index contributed by atoms with van der Waals surface area (Å²) in [5, 5.41) is 1.34. The number of hydrogen-bond donors (Lipinski definition) is 0. The van der Waals surface area contributed by atoms with Gasteiger partial charge in [0.05, 0.1) is 11.4 Å². The van der Waals surface area contributed by atoms with Crippen molar-refractivity contribution in [3.05, 3.63) is 173 Å². The van der Waals surface area contributed by atoms with Gasteiger partial charge >= 0.3 is 0 Å². The average Bonchev–Trinajstić information content (AvgIpc) is 4.00. The zero-order valence-corrected chi connectivity index (χ0v) is 43.0. The van der Waals surface area contributed by atoms with Crippen molar-refractivity contribution in [2.75, 3.05) is 9.80 Å². The predicted molar refractivity (Wildman–Crippen MR) is 298 cm³/mol. The van der Waals surface area contributed by atoms with Crippen LogP contribution < -0.4 is 25.5 Å². The van der Waals surface area contributed by atoms with Crippen LogP contribution in [0.5, 0.6) is 0 Å². The van der Waals surface area contributed by atoms with E-state index in [0.29, 0.717) is 11.8 Å². The van der Waals surface area contributed by atoms with E-state index in [9.17, 15) is 0 Å². The van der Waals surface area contributed by atoms with E-state index in [4.69, 9.17) is 0 Å². The molecule has 3 aliphatic rings. The Morgan fingerprint density at radius 2 is 1.15 bits per heavy atom. The second-order valence-electron chi connectivity index (χ2n) is 23.5. The normalized spacial score (nSPS) is 15.0. The topological polar surface area (TPSA) is 6.48 Å². The van der Waals surface area contributed by atoms with Gasteiger partial charge in [0.2, 0.25) is 0 Å². The van der Waals surface area contributed by atoms with E-state index < -0.39 is 0 Å². The number of benzene rings is 7. The van der Waals surface area contributed by atoms with Gasteiger partial charge in [0.15, 0.2) is 0 Å². The minimum Gasteiger partial charge on any atom is -0.311 e. The van der Waals surface area contributed by atoms with E-state index in [-0.39, 0.29) is 23.0 Å². The number of hydrogen-bond acceptors (Lipinski definition) is 3. The smallest absolute Gasteiger partial charge is 0.264 e. The molecule has 0 bridgehead atoms. The highest BCUT2D eigenvalue weighted by Gasteiger charge is 2.47. The van der Waals surface area contributed by atoms with Gasteiger partial charge in [-0.25, -0.2) is 0 Å². The van der Waals surface area contributed by atoms with Crippen LogP contribution >= 0.6 is 11.3 Å². The molecule has 0 spiro atoms. The first kappa shape index (κ1) is 44.7. The minimum atomic E-state index is -0.116. The van der Waals surface area contributed by atoms with Crippen LogP contribution in [0.25, 0.3) is 32.3 Å². The summed E-state index contributed by atoms with van der Waals surface area (Å²) in [6.07, 6.45) is 5.13. The summed E-state index contributed by atoms with van der Waals surface area (Å²) in [5.41, 5.74) is 22.3. The highest BCUT2D eigenvalue weighted by atomic mass is 32.1. The van der Waals surface area contributed by atoms with Crippen molar-refractivity contribution in [1.82, 2.24) is 0 Å². The third-order valence-corrected chi connectivity index (χ3v) is 16.7. The van der Waals surface area contributed by atoms with Crippen molar-refractivity contribution in [3.8, 4) is 22.3 Å². The Morgan fingerprint density at radius 3 is 1.78 bits per heavy atom. The van der Waals surface area contributed by atoms with Crippen molar-refractivity contribution < 1.29 is 0 Å². The molecule has 0 atom stereocenters. The Balaban J connectivity index is 1.22. The third-order valence-electron chi connectivity index (χ3n) is 15.5. The van der Waals surface area contributed by atoms with Gasteiger partial charge in [0.1, 0.15) is 0 Å². The van der Waals surface area contributed by atoms with Crippen molar-refractivity contribution in [1.29, 1.82) is 0 Å². The lowest BCUT2D eigenvalue weighted by atomic mass is 9.36. The van der Waals surface area contributed by atoms with Crippen LogP contribution in [-0.4, -0.2) is 6.71 Å². The number of nitrogens with zero attached hydrogens (tertiary/aromatic N) is 2. The molecule has 68 heavy (non-hydrogen) atoms. The molecule has 0 saturated heterocycles. The van der Waals surface area contributed by atoms with Crippen LogP contribution in [-0.2, 0) is 16.2 Å². The molecule has 1 saturated carbocycles. The monoisotopic (exact) mass is 907 g/mol. The molecule has 1 aliphatic carbocycles. The molecule has 11 rings (SSSR count). The fourth-order valence-corrected chi connectivity index (χ4v) is 12.7. The zero-order chi connectivity index (χ0) is 47.4. The van der Waals surface area contributed by atoms with E-state index in [1.54, 1.807) is 0 Å². The number of rotatable bonds is 6. The summed E-state index contributed by atoms with van der Waals surface area (Å²) in [7, 11) is 0. The molecule has 0 radical (unpaired) electrons. The number of anilines is 6. The maximum absolute atomic E-state index is 2.75. The summed E-state index contributed by atoms with van der Waals surface area (Å²) in [6, 6.07) is 57.1. The predicted octanol–water partition coefficient (Wildman–Crippen LogP) is 17.0. The molecule has 1 aromatic heterocycles. The molecule has 4 heteroatoms. The Hall–Kier alpha value is -5.84. The van der Waals surface area contributed by atoms with E-state index in [2.05, 4.69) is 232 Å². The summed E-state index contributed by atoms with van der Waals surface area (Å²) in [4.78, 5) is 5.36. The van der Waals surface area contributed by atoms with Gasteiger partial charge in [0.25, 0.3) is 6.71 Å². The van der Waals surface area contributed by atoms with Crippen LogP contribution in [0.3, 0.4) is 0 Å². The molecule has 0 amide bonds. The highest BCUT2D eigenvalue weighted by Crippen LogP contribution is 2.52. The summed E-state index contributed by atoms with van der Waals surface area (Å²) in [5.74, 6) is 1.02. The maximum atomic E-state index is 2.75. The molecule has 1 fully saturated rings. The van der Waals surface area contributed by atoms with E-state index in [0.717, 1.165) is 0 Å². The van der Waals surface area contributed by atoms with Gasteiger partial charge in [-0.1, -0.05) is 192 Å². The lowest BCUT2D eigenvalue weighted by molar-refractivity contribution is 0.590. The van der Waals surface area contributed by atoms with Crippen LogP contribution in [0.1, 0.15) is 141 Å². The van der Waals surface area contributed by atoms with Crippen molar-refractivity contribution in [3.63, 3.8) is 0 Å². The Morgan fingerprint density at radius 1 is 0.529 bits per heavy atom.